The van der Waals surface area contributed by atoms with Crippen molar-refractivity contribution >= 4 is 10.8 Å². The lowest BCUT2D eigenvalue weighted by Gasteiger charge is -2.08. The van der Waals surface area contributed by atoms with Crippen molar-refractivity contribution in [1.82, 2.24) is 14.8 Å². The Labute approximate surface area is 92.5 Å². The molecule has 5 nitrogen and oxygen atoms in total. The fourth-order valence-corrected chi connectivity index (χ4v) is 2.15. The van der Waals surface area contributed by atoms with Gasteiger partial charge in [0.1, 0.15) is 12.2 Å². The maximum atomic E-state index is 11.7. The van der Waals surface area contributed by atoms with Crippen LogP contribution in [0.4, 0.5) is 0 Å². The largest absolute Gasteiger partial charge is 0.329 e. The van der Waals surface area contributed by atoms with E-state index >= 15 is 0 Å². The number of hydrogen-bond donors (Lipinski definition) is 1. The summed E-state index contributed by atoms with van der Waals surface area (Å²) in [6, 6.07) is 0. The Morgan fingerprint density at radius 1 is 1.67 bits per heavy atom. The summed E-state index contributed by atoms with van der Waals surface area (Å²) in [7, 11) is -0.956. The second-order valence-electron chi connectivity index (χ2n) is 3.47. The van der Waals surface area contributed by atoms with Crippen molar-refractivity contribution in [3.8, 4) is 0 Å². The number of rotatable bonds is 6. The van der Waals surface area contributed by atoms with Gasteiger partial charge in [-0.3, -0.25) is 4.21 Å². The Morgan fingerprint density at radius 3 is 3.00 bits per heavy atom. The summed E-state index contributed by atoms with van der Waals surface area (Å²) in [6.07, 6.45) is 2.50. The van der Waals surface area contributed by atoms with E-state index < -0.39 is 10.8 Å². The molecule has 0 aliphatic carbocycles. The van der Waals surface area contributed by atoms with E-state index in [0.29, 0.717) is 12.3 Å². The molecule has 6 heteroatoms. The fourth-order valence-electron chi connectivity index (χ4n) is 1.18. The molecule has 0 saturated heterocycles. The third kappa shape index (κ3) is 3.39. The van der Waals surface area contributed by atoms with Crippen LogP contribution in [0.5, 0.6) is 0 Å². The van der Waals surface area contributed by atoms with Crippen LogP contribution < -0.4 is 5.73 Å². The average Bonchev–Trinajstić information content (AvgIpc) is 2.65. The van der Waals surface area contributed by atoms with Gasteiger partial charge in [0.05, 0.1) is 5.75 Å². The summed E-state index contributed by atoms with van der Waals surface area (Å²) in [4.78, 5) is 4.11. The Hall–Kier alpha value is -0.750. The molecule has 0 aromatic carbocycles. The first-order valence-corrected chi connectivity index (χ1v) is 6.51. The van der Waals surface area contributed by atoms with Crippen LogP contribution >= 0.6 is 0 Å². The van der Waals surface area contributed by atoms with Gasteiger partial charge in [0.15, 0.2) is 0 Å². The predicted octanol–water partition coefficient (Wildman–Crippen LogP) is 0.284. The van der Waals surface area contributed by atoms with Crippen molar-refractivity contribution in [1.29, 1.82) is 0 Å². The standard InChI is InChI=1S/C9H18N4OS/c1-3-4-13-9(11-7-12-13)6-15(14)8(2)5-10/h7-8H,3-6,10H2,1-2H3. The molecule has 1 rings (SSSR count). The molecule has 0 fully saturated rings. The van der Waals surface area contributed by atoms with E-state index in [2.05, 4.69) is 17.0 Å². The van der Waals surface area contributed by atoms with Gasteiger partial charge in [0.25, 0.3) is 0 Å². The van der Waals surface area contributed by atoms with Crippen molar-refractivity contribution < 1.29 is 4.21 Å². The second kappa shape index (κ2) is 5.97. The first-order chi connectivity index (χ1) is 7.19. The van der Waals surface area contributed by atoms with Gasteiger partial charge in [0, 0.05) is 29.1 Å². The number of hydrogen-bond acceptors (Lipinski definition) is 4. The molecule has 86 valence electrons. The van der Waals surface area contributed by atoms with Crippen molar-refractivity contribution in [3.63, 3.8) is 0 Å². The van der Waals surface area contributed by atoms with Crippen LogP contribution in [0.15, 0.2) is 6.33 Å². The van der Waals surface area contributed by atoms with E-state index in [0.717, 1.165) is 18.8 Å². The highest BCUT2D eigenvalue weighted by Gasteiger charge is 2.13. The third-order valence-electron chi connectivity index (χ3n) is 2.18. The van der Waals surface area contributed by atoms with Crippen molar-refractivity contribution in [2.45, 2.75) is 37.8 Å². The highest BCUT2D eigenvalue weighted by Crippen LogP contribution is 2.04. The molecular formula is C9H18N4OS. The van der Waals surface area contributed by atoms with E-state index in [1.54, 1.807) is 4.68 Å². The smallest absolute Gasteiger partial charge is 0.139 e. The molecule has 1 heterocycles. The van der Waals surface area contributed by atoms with Crippen LogP contribution in [-0.4, -0.2) is 30.8 Å². The Balaban J connectivity index is 2.63. The van der Waals surface area contributed by atoms with E-state index in [1.165, 1.54) is 6.33 Å². The monoisotopic (exact) mass is 230 g/mol. The minimum absolute atomic E-state index is 0.0109. The predicted molar refractivity (Wildman–Crippen MR) is 60.7 cm³/mol. The molecule has 0 aliphatic heterocycles. The molecule has 0 radical (unpaired) electrons. The van der Waals surface area contributed by atoms with Gasteiger partial charge in [0.2, 0.25) is 0 Å². The lowest BCUT2D eigenvalue weighted by atomic mass is 10.5. The number of nitrogens with two attached hydrogens (primary N) is 1. The lowest BCUT2D eigenvalue weighted by Crippen LogP contribution is -2.24. The summed E-state index contributed by atoms with van der Waals surface area (Å²) < 4.78 is 13.6. The highest BCUT2D eigenvalue weighted by atomic mass is 32.2. The van der Waals surface area contributed by atoms with Crippen molar-refractivity contribution in [2.75, 3.05) is 6.54 Å². The molecule has 2 N–H and O–H groups in total. The van der Waals surface area contributed by atoms with Crippen molar-refractivity contribution in [2.24, 2.45) is 5.73 Å². The summed E-state index contributed by atoms with van der Waals surface area (Å²) in [5, 5.41) is 4.09. The Kier molecular flexibility index (Phi) is 4.90. The van der Waals surface area contributed by atoms with E-state index in [4.69, 9.17) is 5.73 Å². The molecule has 2 atom stereocenters. The lowest BCUT2D eigenvalue weighted by molar-refractivity contribution is 0.578. The molecule has 2 unspecified atom stereocenters. The SMILES string of the molecule is CCCn1ncnc1CS(=O)C(C)CN. The average molecular weight is 230 g/mol. The van der Waals surface area contributed by atoms with Gasteiger partial charge in [-0.1, -0.05) is 6.92 Å². The van der Waals surface area contributed by atoms with Gasteiger partial charge in [-0.2, -0.15) is 5.10 Å². The van der Waals surface area contributed by atoms with Gasteiger partial charge < -0.3 is 5.73 Å². The van der Waals surface area contributed by atoms with E-state index in [9.17, 15) is 4.21 Å². The molecule has 0 bridgehead atoms. The number of aromatic nitrogens is 3. The molecular weight excluding hydrogens is 212 g/mol. The van der Waals surface area contributed by atoms with Gasteiger partial charge in [-0.15, -0.1) is 0 Å². The highest BCUT2D eigenvalue weighted by molar-refractivity contribution is 7.84. The van der Waals surface area contributed by atoms with Crippen molar-refractivity contribution in [3.05, 3.63) is 12.2 Å². The molecule has 1 aromatic heterocycles. The summed E-state index contributed by atoms with van der Waals surface area (Å²) in [6.45, 7) is 5.22. The van der Waals surface area contributed by atoms with Crippen LogP contribution in [0.3, 0.4) is 0 Å². The van der Waals surface area contributed by atoms with Crippen LogP contribution in [0.1, 0.15) is 26.1 Å². The van der Waals surface area contributed by atoms with Gasteiger partial charge >= 0.3 is 0 Å². The topological polar surface area (TPSA) is 73.8 Å². The molecule has 0 aliphatic rings. The Morgan fingerprint density at radius 2 is 2.40 bits per heavy atom. The zero-order valence-electron chi connectivity index (χ0n) is 9.22. The quantitative estimate of drug-likeness (QED) is 0.762. The normalized spacial score (nSPS) is 15.1. The second-order valence-corrected chi connectivity index (χ2v) is 5.33. The number of nitrogens with zero attached hydrogens (tertiary/aromatic N) is 3. The molecule has 15 heavy (non-hydrogen) atoms. The summed E-state index contributed by atoms with van der Waals surface area (Å²) >= 11 is 0. The molecule has 0 spiro atoms. The maximum absolute atomic E-state index is 11.7. The maximum Gasteiger partial charge on any atom is 0.139 e. The zero-order chi connectivity index (χ0) is 11.3. The minimum Gasteiger partial charge on any atom is -0.329 e. The van der Waals surface area contributed by atoms with Crippen LogP contribution in [-0.2, 0) is 23.1 Å². The molecule has 0 amide bonds. The minimum atomic E-state index is -0.956. The molecule has 1 aromatic rings. The third-order valence-corrected chi connectivity index (χ3v) is 3.82. The summed E-state index contributed by atoms with van der Waals surface area (Å²) in [5.41, 5.74) is 5.46. The van der Waals surface area contributed by atoms with Crippen LogP contribution in [0, 0.1) is 0 Å². The van der Waals surface area contributed by atoms with E-state index in [1.807, 2.05) is 6.92 Å². The fraction of sp³-hybridized carbons (Fsp3) is 0.778. The first kappa shape index (κ1) is 12.3. The van der Waals surface area contributed by atoms with Crippen LogP contribution in [0.2, 0.25) is 0 Å². The first-order valence-electron chi connectivity index (χ1n) is 5.13. The summed E-state index contributed by atoms with van der Waals surface area (Å²) in [5.74, 6) is 1.23. The van der Waals surface area contributed by atoms with Crippen LogP contribution in [0.25, 0.3) is 0 Å². The number of aryl methyl sites for hydroxylation is 1. The molecule has 0 saturated carbocycles. The van der Waals surface area contributed by atoms with Gasteiger partial charge in [-0.25, -0.2) is 9.67 Å². The van der Waals surface area contributed by atoms with Gasteiger partial charge in [-0.05, 0) is 13.3 Å². The van der Waals surface area contributed by atoms with E-state index in [-0.39, 0.29) is 5.25 Å². The zero-order valence-corrected chi connectivity index (χ0v) is 10.0. The Bertz CT molecular complexity index is 326.